The summed E-state index contributed by atoms with van der Waals surface area (Å²) in [6.07, 6.45) is 0.845. The van der Waals surface area contributed by atoms with Gasteiger partial charge in [-0.15, -0.1) is 0 Å². The molecule has 0 aromatic heterocycles. The summed E-state index contributed by atoms with van der Waals surface area (Å²) in [7, 11) is -3.36. The summed E-state index contributed by atoms with van der Waals surface area (Å²) < 4.78 is 32.5. The topological polar surface area (TPSA) is 55.8 Å². The predicted molar refractivity (Wildman–Crippen MR) is 78.7 cm³/mol. The second-order valence-electron chi connectivity index (χ2n) is 5.53. The van der Waals surface area contributed by atoms with Crippen molar-refractivity contribution in [3.8, 4) is 5.75 Å². The number of nitrogens with zero attached hydrogens (tertiary/aromatic N) is 1. The molecule has 0 N–H and O–H groups in total. The standard InChI is InChI=1S/C14H21NO4S/c1-11(2)10-18-13-6-4-12(5-7-13)15-8-14(9-15)19-20(3,16)17/h4-7,11,14H,8-10H2,1-3H3. The van der Waals surface area contributed by atoms with Crippen molar-refractivity contribution in [3.05, 3.63) is 24.3 Å². The summed E-state index contributed by atoms with van der Waals surface area (Å²) in [4.78, 5) is 2.07. The van der Waals surface area contributed by atoms with Crippen LogP contribution in [-0.2, 0) is 14.3 Å². The highest BCUT2D eigenvalue weighted by atomic mass is 32.2. The monoisotopic (exact) mass is 299 g/mol. The minimum absolute atomic E-state index is 0.234. The Bertz CT molecular complexity index is 533. The number of ether oxygens (including phenoxy) is 1. The molecule has 20 heavy (non-hydrogen) atoms. The Labute approximate surface area is 120 Å². The Balaban J connectivity index is 1.83. The summed E-state index contributed by atoms with van der Waals surface area (Å²) in [5.74, 6) is 1.35. The SMILES string of the molecule is CC(C)COc1ccc(N2CC(OS(C)(=O)=O)C2)cc1. The number of rotatable bonds is 6. The lowest BCUT2D eigenvalue weighted by Gasteiger charge is -2.39. The van der Waals surface area contributed by atoms with Gasteiger partial charge in [-0.05, 0) is 30.2 Å². The quantitative estimate of drug-likeness (QED) is 0.751. The molecule has 0 atom stereocenters. The van der Waals surface area contributed by atoms with Gasteiger partial charge in [-0.25, -0.2) is 0 Å². The van der Waals surface area contributed by atoms with E-state index in [1.54, 1.807) is 0 Å². The molecule has 6 heteroatoms. The molecule has 0 saturated carbocycles. The minimum Gasteiger partial charge on any atom is -0.493 e. The summed E-state index contributed by atoms with van der Waals surface area (Å²) in [6.45, 7) is 6.11. The Morgan fingerprint density at radius 1 is 1.25 bits per heavy atom. The van der Waals surface area contributed by atoms with Crippen molar-refractivity contribution >= 4 is 15.8 Å². The molecule has 0 unspecified atom stereocenters. The lowest BCUT2D eigenvalue weighted by atomic mass is 10.1. The molecule has 1 aromatic rings. The highest BCUT2D eigenvalue weighted by Crippen LogP contribution is 2.25. The second-order valence-corrected chi connectivity index (χ2v) is 7.13. The van der Waals surface area contributed by atoms with Crippen molar-refractivity contribution in [1.82, 2.24) is 0 Å². The molecule has 0 bridgehead atoms. The van der Waals surface area contributed by atoms with Crippen LogP contribution in [0.4, 0.5) is 5.69 Å². The molecule has 1 aromatic carbocycles. The van der Waals surface area contributed by atoms with Gasteiger partial charge in [-0.3, -0.25) is 4.18 Å². The van der Waals surface area contributed by atoms with Crippen molar-refractivity contribution < 1.29 is 17.3 Å². The molecule has 0 aliphatic carbocycles. The van der Waals surface area contributed by atoms with Crippen LogP contribution in [0.2, 0.25) is 0 Å². The molecular formula is C14H21NO4S. The van der Waals surface area contributed by atoms with Gasteiger partial charge < -0.3 is 9.64 Å². The number of anilines is 1. The lowest BCUT2D eigenvalue weighted by molar-refractivity contribution is 0.177. The van der Waals surface area contributed by atoms with Crippen LogP contribution in [0.1, 0.15) is 13.8 Å². The Morgan fingerprint density at radius 2 is 1.85 bits per heavy atom. The van der Waals surface area contributed by atoms with Crippen molar-refractivity contribution in [2.24, 2.45) is 5.92 Å². The van der Waals surface area contributed by atoms with Gasteiger partial charge in [0.05, 0.1) is 12.9 Å². The third-order valence-corrected chi connectivity index (χ3v) is 3.57. The van der Waals surface area contributed by atoms with Crippen molar-refractivity contribution in [2.75, 3.05) is 30.9 Å². The smallest absolute Gasteiger partial charge is 0.264 e. The van der Waals surface area contributed by atoms with E-state index in [0.717, 1.165) is 17.7 Å². The van der Waals surface area contributed by atoms with Crippen molar-refractivity contribution in [3.63, 3.8) is 0 Å². The molecule has 1 heterocycles. The molecule has 0 spiro atoms. The largest absolute Gasteiger partial charge is 0.493 e. The first kappa shape index (κ1) is 15.1. The zero-order valence-electron chi connectivity index (χ0n) is 12.1. The normalized spacial score (nSPS) is 16.3. The average Bonchev–Trinajstić information content (AvgIpc) is 2.30. The minimum atomic E-state index is -3.36. The zero-order chi connectivity index (χ0) is 14.8. The molecule has 0 radical (unpaired) electrons. The first-order valence-electron chi connectivity index (χ1n) is 6.69. The maximum Gasteiger partial charge on any atom is 0.264 e. The van der Waals surface area contributed by atoms with Gasteiger partial charge in [-0.1, -0.05) is 13.8 Å². The van der Waals surface area contributed by atoms with E-state index in [-0.39, 0.29) is 6.10 Å². The highest BCUT2D eigenvalue weighted by molar-refractivity contribution is 7.86. The zero-order valence-corrected chi connectivity index (χ0v) is 12.9. The van der Waals surface area contributed by atoms with Crippen LogP contribution in [-0.4, -0.2) is 40.5 Å². The molecule has 0 amide bonds. The summed E-state index contributed by atoms with van der Waals surface area (Å²) in [6, 6.07) is 7.82. The third-order valence-electron chi connectivity index (χ3n) is 2.94. The van der Waals surface area contributed by atoms with Gasteiger partial charge in [0, 0.05) is 18.8 Å². The van der Waals surface area contributed by atoms with E-state index in [9.17, 15) is 8.42 Å². The van der Waals surface area contributed by atoms with Gasteiger partial charge in [0.15, 0.2) is 0 Å². The molecule has 5 nitrogen and oxygen atoms in total. The van der Waals surface area contributed by atoms with Gasteiger partial charge in [-0.2, -0.15) is 8.42 Å². The number of hydrogen-bond acceptors (Lipinski definition) is 5. The molecule has 1 aliphatic rings. The van der Waals surface area contributed by atoms with Crippen LogP contribution in [0.15, 0.2) is 24.3 Å². The number of hydrogen-bond donors (Lipinski definition) is 0. The van der Waals surface area contributed by atoms with Gasteiger partial charge in [0.1, 0.15) is 11.9 Å². The highest BCUT2D eigenvalue weighted by Gasteiger charge is 2.30. The molecular weight excluding hydrogens is 278 g/mol. The van der Waals surface area contributed by atoms with Crippen LogP contribution < -0.4 is 9.64 Å². The third kappa shape index (κ3) is 4.38. The van der Waals surface area contributed by atoms with E-state index in [2.05, 4.69) is 18.7 Å². The average molecular weight is 299 g/mol. The van der Waals surface area contributed by atoms with E-state index in [4.69, 9.17) is 8.92 Å². The van der Waals surface area contributed by atoms with Crippen molar-refractivity contribution in [1.29, 1.82) is 0 Å². The molecule has 2 rings (SSSR count). The van der Waals surface area contributed by atoms with Crippen LogP contribution in [0, 0.1) is 5.92 Å². The second kappa shape index (κ2) is 6.01. The van der Waals surface area contributed by atoms with Gasteiger partial charge in [0.2, 0.25) is 0 Å². The first-order valence-corrected chi connectivity index (χ1v) is 8.51. The van der Waals surface area contributed by atoms with E-state index >= 15 is 0 Å². The van der Waals surface area contributed by atoms with Crippen molar-refractivity contribution in [2.45, 2.75) is 20.0 Å². The molecule has 112 valence electrons. The maximum atomic E-state index is 11.0. The molecule has 1 aliphatic heterocycles. The number of benzene rings is 1. The summed E-state index contributed by atoms with van der Waals surface area (Å²) in [5.41, 5.74) is 1.05. The van der Waals surface area contributed by atoms with Crippen LogP contribution in [0.25, 0.3) is 0 Å². The summed E-state index contributed by atoms with van der Waals surface area (Å²) in [5, 5.41) is 0. The van der Waals surface area contributed by atoms with E-state index in [1.807, 2.05) is 24.3 Å². The fourth-order valence-electron chi connectivity index (χ4n) is 1.97. The van der Waals surface area contributed by atoms with Gasteiger partial charge >= 0.3 is 0 Å². The Morgan fingerprint density at radius 3 is 2.35 bits per heavy atom. The molecule has 1 saturated heterocycles. The Kier molecular flexibility index (Phi) is 4.55. The van der Waals surface area contributed by atoms with E-state index < -0.39 is 10.1 Å². The van der Waals surface area contributed by atoms with Crippen LogP contribution in [0.3, 0.4) is 0 Å². The van der Waals surface area contributed by atoms with E-state index in [1.165, 1.54) is 0 Å². The van der Waals surface area contributed by atoms with Crippen LogP contribution >= 0.6 is 0 Å². The van der Waals surface area contributed by atoms with Crippen LogP contribution in [0.5, 0.6) is 5.75 Å². The predicted octanol–water partition coefficient (Wildman–Crippen LogP) is 1.89. The Hall–Kier alpha value is -1.27. The maximum absolute atomic E-state index is 11.0. The fourth-order valence-corrected chi connectivity index (χ4v) is 2.59. The fraction of sp³-hybridized carbons (Fsp3) is 0.571. The molecule has 1 fully saturated rings. The summed E-state index contributed by atoms with van der Waals surface area (Å²) >= 11 is 0. The lowest BCUT2D eigenvalue weighted by Crippen LogP contribution is -2.52. The van der Waals surface area contributed by atoms with E-state index in [0.29, 0.717) is 25.6 Å². The first-order chi connectivity index (χ1) is 9.33. The van der Waals surface area contributed by atoms with Gasteiger partial charge in [0.25, 0.3) is 10.1 Å².